The standard InChI is InChI=1S/C15H23N3O4S/c1-3-13-10-18(8-9-22-13)15(19)17-11(2)12-4-6-14(7-5-12)23(16,20)21/h4-7,11,13H,3,8-10H2,1-2H3,(H,17,19)(H2,16,20,21)/t11-,13-/m0/s1. The van der Waals surface area contributed by atoms with Crippen LogP contribution in [0.25, 0.3) is 0 Å². The van der Waals surface area contributed by atoms with Gasteiger partial charge >= 0.3 is 6.03 Å². The molecule has 2 rings (SSSR count). The van der Waals surface area contributed by atoms with E-state index in [9.17, 15) is 13.2 Å². The number of benzene rings is 1. The van der Waals surface area contributed by atoms with Crippen LogP contribution in [0.1, 0.15) is 31.9 Å². The van der Waals surface area contributed by atoms with Crippen LogP contribution in [0.2, 0.25) is 0 Å². The summed E-state index contributed by atoms with van der Waals surface area (Å²) in [6, 6.07) is 5.80. The third kappa shape index (κ3) is 4.66. The summed E-state index contributed by atoms with van der Waals surface area (Å²) in [5.74, 6) is 0. The molecular formula is C15H23N3O4S. The summed E-state index contributed by atoms with van der Waals surface area (Å²) in [4.78, 5) is 14.1. The number of amides is 2. The van der Waals surface area contributed by atoms with E-state index in [1.165, 1.54) is 12.1 Å². The molecule has 128 valence electrons. The number of nitrogens with zero attached hydrogens (tertiary/aromatic N) is 1. The summed E-state index contributed by atoms with van der Waals surface area (Å²) in [6.45, 7) is 5.57. The third-order valence-corrected chi connectivity index (χ3v) is 4.86. The van der Waals surface area contributed by atoms with Crippen LogP contribution in [-0.4, -0.2) is 45.1 Å². The van der Waals surface area contributed by atoms with Crippen molar-refractivity contribution in [1.82, 2.24) is 10.2 Å². The lowest BCUT2D eigenvalue weighted by molar-refractivity contribution is -0.0156. The van der Waals surface area contributed by atoms with Gasteiger partial charge in [-0.1, -0.05) is 19.1 Å². The maximum atomic E-state index is 12.3. The lowest BCUT2D eigenvalue weighted by Crippen LogP contribution is -2.49. The Balaban J connectivity index is 1.98. The van der Waals surface area contributed by atoms with Crippen molar-refractivity contribution in [3.05, 3.63) is 29.8 Å². The molecule has 1 aliphatic heterocycles. The Kier molecular flexibility index (Phi) is 5.61. The molecule has 2 atom stereocenters. The van der Waals surface area contributed by atoms with Crippen LogP contribution in [0.3, 0.4) is 0 Å². The molecule has 0 bridgehead atoms. The van der Waals surface area contributed by atoms with Gasteiger partial charge in [-0.25, -0.2) is 18.4 Å². The Morgan fingerprint density at radius 3 is 2.65 bits per heavy atom. The van der Waals surface area contributed by atoms with Crippen LogP contribution in [-0.2, 0) is 14.8 Å². The zero-order chi connectivity index (χ0) is 17.0. The Morgan fingerprint density at radius 2 is 2.09 bits per heavy atom. The summed E-state index contributed by atoms with van der Waals surface area (Å²) in [5, 5.41) is 7.99. The van der Waals surface area contributed by atoms with Gasteiger partial charge < -0.3 is 15.0 Å². The van der Waals surface area contributed by atoms with Crippen molar-refractivity contribution >= 4 is 16.1 Å². The molecule has 8 heteroatoms. The van der Waals surface area contributed by atoms with Crippen molar-refractivity contribution in [3.8, 4) is 0 Å². The highest BCUT2D eigenvalue weighted by Gasteiger charge is 2.24. The number of urea groups is 1. The molecule has 1 aromatic rings. The molecule has 2 amide bonds. The summed E-state index contributed by atoms with van der Waals surface area (Å²) in [6.07, 6.45) is 0.952. The first kappa shape index (κ1) is 17.7. The molecule has 1 heterocycles. The van der Waals surface area contributed by atoms with E-state index >= 15 is 0 Å². The highest BCUT2D eigenvalue weighted by atomic mass is 32.2. The van der Waals surface area contributed by atoms with Crippen molar-refractivity contribution in [2.45, 2.75) is 37.3 Å². The number of ether oxygens (including phenoxy) is 1. The van der Waals surface area contributed by atoms with Gasteiger partial charge in [-0.05, 0) is 31.0 Å². The molecule has 0 radical (unpaired) electrons. The molecule has 1 fully saturated rings. The first-order chi connectivity index (χ1) is 10.8. The minimum Gasteiger partial charge on any atom is -0.375 e. The number of sulfonamides is 1. The zero-order valence-electron chi connectivity index (χ0n) is 13.4. The van der Waals surface area contributed by atoms with E-state index in [-0.39, 0.29) is 23.1 Å². The molecule has 0 spiro atoms. The Bertz CT molecular complexity index is 645. The van der Waals surface area contributed by atoms with E-state index in [0.717, 1.165) is 12.0 Å². The Hall–Kier alpha value is -1.64. The minimum atomic E-state index is -3.70. The molecule has 3 N–H and O–H groups in total. The van der Waals surface area contributed by atoms with Crippen molar-refractivity contribution in [1.29, 1.82) is 0 Å². The summed E-state index contributed by atoms with van der Waals surface area (Å²) in [7, 11) is -3.70. The monoisotopic (exact) mass is 341 g/mol. The number of nitrogens with one attached hydrogen (secondary N) is 1. The van der Waals surface area contributed by atoms with Crippen LogP contribution in [0, 0.1) is 0 Å². The lowest BCUT2D eigenvalue weighted by Gasteiger charge is -2.33. The summed E-state index contributed by atoms with van der Waals surface area (Å²) >= 11 is 0. The second-order valence-corrected chi connectivity index (χ2v) is 7.19. The molecular weight excluding hydrogens is 318 g/mol. The fourth-order valence-corrected chi connectivity index (χ4v) is 2.97. The summed E-state index contributed by atoms with van der Waals surface area (Å²) in [5.41, 5.74) is 0.811. The molecule has 0 saturated carbocycles. The third-order valence-electron chi connectivity index (χ3n) is 3.93. The normalized spacial score (nSPS) is 20.1. The molecule has 0 aromatic heterocycles. The number of carbonyl (C=O) groups excluding carboxylic acids is 1. The van der Waals surface area contributed by atoms with Gasteiger partial charge in [0.2, 0.25) is 10.0 Å². The predicted octanol–water partition coefficient (Wildman–Crippen LogP) is 1.22. The summed E-state index contributed by atoms with van der Waals surface area (Å²) < 4.78 is 28.0. The van der Waals surface area contributed by atoms with Gasteiger partial charge in [0.25, 0.3) is 0 Å². The van der Waals surface area contributed by atoms with Gasteiger partial charge in [-0.15, -0.1) is 0 Å². The van der Waals surface area contributed by atoms with E-state index in [1.54, 1.807) is 17.0 Å². The first-order valence-electron chi connectivity index (χ1n) is 7.61. The number of hydrogen-bond acceptors (Lipinski definition) is 4. The number of carbonyl (C=O) groups is 1. The fraction of sp³-hybridized carbons (Fsp3) is 0.533. The molecule has 1 saturated heterocycles. The number of hydrogen-bond donors (Lipinski definition) is 2. The average molecular weight is 341 g/mol. The second-order valence-electron chi connectivity index (χ2n) is 5.63. The van der Waals surface area contributed by atoms with E-state index < -0.39 is 10.0 Å². The van der Waals surface area contributed by atoms with Crippen molar-refractivity contribution in [3.63, 3.8) is 0 Å². The zero-order valence-corrected chi connectivity index (χ0v) is 14.2. The van der Waals surface area contributed by atoms with E-state index in [4.69, 9.17) is 9.88 Å². The van der Waals surface area contributed by atoms with E-state index in [2.05, 4.69) is 5.32 Å². The van der Waals surface area contributed by atoms with Crippen molar-refractivity contribution < 1.29 is 17.9 Å². The maximum absolute atomic E-state index is 12.3. The van der Waals surface area contributed by atoms with Gasteiger partial charge in [0.05, 0.1) is 23.6 Å². The van der Waals surface area contributed by atoms with Crippen LogP contribution in [0.15, 0.2) is 29.2 Å². The molecule has 0 unspecified atom stereocenters. The number of rotatable bonds is 4. The molecule has 1 aliphatic rings. The minimum absolute atomic E-state index is 0.0544. The van der Waals surface area contributed by atoms with E-state index in [1.807, 2.05) is 13.8 Å². The second kappa shape index (κ2) is 7.29. The highest BCUT2D eigenvalue weighted by molar-refractivity contribution is 7.89. The molecule has 23 heavy (non-hydrogen) atoms. The molecule has 7 nitrogen and oxygen atoms in total. The topological polar surface area (TPSA) is 102 Å². The average Bonchev–Trinajstić information content (AvgIpc) is 2.54. The van der Waals surface area contributed by atoms with Gasteiger partial charge in [0.15, 0.2) is 0 Å². The molecule has 0 aliphatic carbocycles. The number of primary sulfonamides is 1. The van der Waals surface area contributed by atoms with Gasteiger partial charge in [-0.3, -0.25) is 0 Å². The van der Waals surface area contributed by atoms with Crippen LogP contribution in [0.4, 0.5) is 4.79 Å². The maximum Gasteiger partial charge on any atom is 0.318 e. The van der Waals surface area contributed by atoms with Crippen LogP contribution < -0.4 is 10.5 Å². The first-order valence-corrected chi connectivity index (χ1v) is 9.15. The lowest BCUT2D eigenvalue weighted by atomic mass is 10.1. The van der Waals surface area contributed by atoms with Crippen molar-refractivity contribution in [2.24, 2.45) is 5.14 Å². The van der Waals surface area contributed by atoms with Gasteiger partial charge in [0, 0.05) is 13.1 Å². The van der Waals surface area contributed by atoms with Crippen LogP contribution in [0.5, 0.6) is 0 Å². The van der Waals surface area contributed by atoms with E-state index in [0.29, 0.717) is 19.7 Å². The Labute approximate surface area is 136 Å². The van der Waals surface area contributed by atoms with Gasteiger partial charge in [0.1, 0.15) is 0 Å². The Morgan fingerprint density at radius 1 is 1.43 bits per heavy atom. The van der Waals surface area contributed by atoms with Crippen molar-refractivity contribution in [2.75, 3.05) is 19.7 Å². The quantitative estimate of drug-likeness (QED) is 0.859. The largest absolute Gasteiger partial charge is 0.375 e. The predicted molar refractivity (Wildman–Crippen MR) is 86.4 cm³/mol. The smallest absolute Gasteiger partial charge is 0.318 e. The SMILES string of the molecule is CC[C@H]1CN(C(=O)N[C@@H](C)c2ccc(S(N)(=O)=O)cc2)CCO1. The molecule has 1 aromatic carbocycles. The number of nitrogens with two attached hydrogens (primary N) is 1. The van der Waals surface area contributed by atoms with Gasteiger partial charge in [-0.2, -0.15) is 0 Å². The fourth-order valence-electron chi connectivity index (χ4n) is 2.46. The highest BCUT2D eigenvalue weighted by Crippen LogP contribution is 2.16. The number of morpholine rings is 1. The van der Waals surface area contributed by atoms with Crippen LogP contribution >= 0.6 is 0 Å².